The number of primary amides is 1. The van der Waals surface area contributed by atoms with Gasteiger partial charge in [0.15, 0.2) is 0 Å². The van der Waals surface area contributed by atoms with Gasteiger partial charge in [0, 0.05) is 11.3 Å². The lowest BCUT2D eigenvalue weighted by atomic mass is 9.54. The quantitative estimate of drug-likeness (QED) is 0.824. The first-order valence-corrected chi connectivity index (χ1v) is 7.14. The van der Waals surface area contributed by atoms with Gasteiger partial charge in [-0.2, -0.15) is 10.5 Å². The Morgan fingerprint density at radius 3 is 1.84 bits per heavy atom. The molecule has 0 spiro atoms. The molecule has 0 aromatic heterocycles. The first-order chi connectivity index (χ1) is 9.05. The van der Waals surface area contributed by atoms with Crippen LogP contribution in [-0.2, 0) is 4.79 Å². The maximum Gasteiger partial charge on any atom is 0.220 e. The highest BCUT2D eigenvalue weighted by molar-refractivity contribution is 5.77. The van der Waals surface area contributed by atoms with Gasteiger partial charge in [0.05, 0.1) is 24.0 Å². The third-order valence-corrected chi connectivity index (χ3v) is 4.57. The second-order valence-corrected chi connectivity index (χ2v) is 5.67. The third kappa shape index (κ3) is 2.89. The van der Waals surface area contributed by atoms with E-state index in [1.165, 1.54) is 0 Å². The zero-order valence-corrected chi connectivity index (χ0v) is 11.9. The number of nitriles is 2. The second-order valence-electron chi connectivity index (χ2n) is 5.67. The van der Waals surface area contributed by atoms with Crippen molar-refractivity contribution in [2.75, 3.05) is 0 Å². The van der Waals surface area contributed by atoms with Crippen LogP contribution in [0.15, 0.2) is 0 Å². The molecule has 1 amide bonds. The summed E-state index contributed by atoms with van der Waals surface area (Å²) in [6.07, 6.45) is 4.70. The molecule has 1 rings (SSSR count). The maximum absolute atomic E-state index is 11.4. The van der Waals surface area contributed by atoms with Crippen LogP contribution in [0.1, 0.15) is 52.4 Å². The van der Waals surface area contributed by atoms with Gasteiger partial charge in [-0.15, -0.1) is 0 Å². The smallest absolute Gasteiger partial charge is 0.220 e. The SMILES string of the molecule is CCCC1(CCC)C(C#N)CC(C(N)=O)CC1C#N. The number of rotatable bonds is 5. The predicted octanol–water partition coefficient (Wildman–Crippen LogP) is 2.75. The van der Waals surface area contributed by atoms with Crippen molar-refractivity contribution in [3.05, 3.63) is 0 Å². The molecular weight excluding hydrogens is 238 g/mol. The maximum atomic E-state index is 11.4. The van der Waals surface area contributed by atoms with Gasteiger partial charge in [0.2, 0.25) is 5.91 Å². The minimum absolute atomic E-state index is 0.233. The molecule has 4 heteroatoms. The van der Waals surface area contributed by atoms with E-state index >= 15 is 0 Å². The second kappa shape index (κ2) is 6.57. The zero-order chi connectivity index (χ0) is 14.5. The molecule has 2 atom stereocenters. The minimum atomic E-state index is -0.373. The van der Waals surface area contributed by atoms with E-state index in [0.717, 1.165) is 25.7 Å². The molecule has 0 bridgehead atoms. The predicted molar refractivity (Wildman–Crippen MR) is 72.4 cm³/mol. The Morgan fingerprint density at radius 1 is 1.16 bits per heavy atom. The van der Waals surface area contributed by atoms with Crippen LogP contribution in [0.3, 0.4) is 0 Å². The summed E-state index contributed by atoms with van der Waals surface area (Å²) in [7, 11) is 0. The Morgan fingerprint density at radius 2 is 1.58 bits per heavy atom. The fourth-order valence-corrected chi connectivity index (χ4v) is 3.73. The molecule has 1 aliphatic rings. The van der Waals surface area contributed by atoms with Crippen molar-refractivity contribution in [2.24, 2.45) is 28.9 Å². The fourth-order valence-electron chi connectivity index (χ4n) is 3.73. The van der Waals surface area contributed by atoms with Crippen LogP contribution in [0.2, 0.25) is 0 Å². The molecule has 0 saturated heterocycles. The molecule has 1 saturated carbocycles. The molecule has 0 aromatic carbocycles. The van der Waals surface area contributed by atoms with Crippen molar-refractivity contribution < 1.29 is 4.79 Å². The molecule has 0 aromatic rings. The van der Waals surface area contributed by atoms with Gasteiger partial charge in [-0.3, -0.25) is 4.79 Å². The van der Waals surface area contributed by atoms with E-state index in [-0.39, 0.29) is 29.1 Å². The van der Waals surface area contributed by atoms with E-state index in [4.69, 9.17) is 5.73 Å². The largest absolute Gasteiger partial charge is 0.369 e. The summed E-state index contributed by atoms with van der Waals surface area (Å²) in [5.74, 6) is -1.16. The molecule has 2 unspecified atom stereocenters. The van der Waals surface area contributed by atoms with Crippen molar-refractivity contribution in [3.63, 3.8) is 0 Å². The van der Waals surface area contributed by atoms with E-state index in [2.05, 4.69) is 26.0 Å². The average Bonchev–Trinajstić information content (AvgIpc) is 2.39. The highest BCUT2D eigenvalue weighted by Crippen LogP contribution is 2.53. The highest BCUT2D eigenvalue weighted by atomic mass is 16.1. The first kappa shape index (κ1) is 15.5. The van der Waals surface area contributed by atoms with Crippen molar-refractivity contribution in [2.45, 2.75) is 52.4 Å². The van der Waals surface area contributed by atoms with Crippen molar-refractivity contribution in [1.29, 1.82) is 10.5 Å². The third-order valence-electron chi connectivity index (χ3n) is 4.57. The molecule has 104 valence electrons. The number of hydrogen-bond acceptors (Lipinski definition) is 3. The van der Waals surface area contributed by atoms with E-state index < -0.39 is 0 Å². The highest BCUT2D eigenvalue weighted by Gasteiger charge is 2.50. The fraction of sp³-hybridized carbons (Fsp3) is 0.800. The summed E-state index contributed by atoms with van der Waals surface area (Å²) in [4.78, 5) is 11.4. The summed E-state index contributed by atoms with van der Waals surface area (Å²) in [5.41, 5.74) is 5.13. The summed E-state index contributed by atoms with van der Waals surface area (Å²) >= 11 is 0. The summed E-state index contributed by atoms with van der Waals surface area (Å²) in [6.45, 7) is 4.17. The number of nitrogens with two attached hydrogens (primary N) is 1. The van der Waals surface area contributed by atoms with Crippen molar-refractivity contribution >= 4 is 5.91 Å². The first-order valence-electron chi connectivity index (χ1n) is 7.14. The number of hydrogen-bond donors (Lipinski definition) is 1. The van der Waals surface area contributed by atoms with E-state index in [1.54, 1.807) is 0 Å². The van der Waals surface area contributed by atoms with Crippen LogP contribution < -0.4 is 5.73 Å². The lowest BCUT2D eigenvalue weighted by Crippen LogP contribution is -2.45. The Balaban J connectivity index is 3.14. The van der Waals surface area contributed by atoms with Gasteiger partial charge in [0.25, 0.3) is 0 Å². The van der Waals surface area contributed by atoms with E-state index in [0.29, 0.717) is 12.8 Å². The van der Waals surface area contributed by atoms with Crippen molar-refractivity contribution in [1.82, 2.24) is 0 Å². The topological polar surface area (TPSA) is 90.7 Å². The zero-order valence-electron chi connectivity index (χ0n) is 11.9. The van der Waals surface area contributed by atoms with Crippen LogP contribution in [0.25, 0.3) is 0 Å². The van der Waals surface area contributed by atoms with Crippen LogP contribution in [0, 0.1) is 45.8 Å². The lowest BCUT2D eigenvalue weighted by molar-refractivity contribution is -0.125. The van der Waals surface area contributed by atoms with Gasteiger partial charge in [-0.1, -0.05) is 26.7 Å². The van der Waals surface area contributed by atoms with E-state index in [1.807, 2.05) is 0 Å². The van der Waals surface area contributed by atoms with Gasteiger partial charge >= 0.3 is 0 Å². The van der Waals surface area contributed by atoms with Crippen molar-refractivity contribution in [3.8, 4) is 12.1 Å². The van der Waals surface area contributed by atoms with Crippen LogP contribution in [0.4, 0.5) is 0 Å². The molecule has 0 radical (unpaired) electrons. The monoisotopic (exact) mass is 261 g/mol. The van der Waals surface area contributed by atoms with Gasteiger partial charge < -0.3 is 5.73 Å². The molecule has 4 nitrogen and oxygen atoms in total. The Kier molecular flexibility index (Phi) is 5.36. The summed E-state index contributed by atoms with van der Waals surface area (Å²) in [5, 5.41) is 19.0. The number of carbonyl (C=O) groups excluding carboxylic acids is 1. The lowest BCUT2D eigenvalue weighted by Gasteiger charge is -2.46. The molecule has 19 heavy (non-hydrogen) atoms. The summed E-state index contributed by atoms with van der Waals surface area (Å²) < 4.78 is 0. The number of nitrogens with zero attached hydrogens (tertiary/aromatic N) is 2. The van der Waals surface area contributed by atoms with E-state index in [9.17, 15) is 15.3 Å². The molecular formula is C15H23N3O. The minimum Gasteiger partial charge on any atom is -0.369 e. The molecule has 2 N–H and O–H groups in total. The Bertz CT molecular complexity index is 373. The average molecular weight is 261 g/mol. The Labute approximate surface area is 115 Å². The number of carbonyl (C=O) groups is 1. The van der Waals surface area contributed by atoms with Crippen LogP contribution >= 0.6 is 0 Å². The normalized spacial score (nSPS) is 29.2. The van der Waals surface area contributed by atoms with Crippen LogP contribution in [0.5, 0.6) is 0 Å². The summed E-state index contributed by atoms with van der Waals surface area (Å²) in [6, 6.07) is 4.71. The number of amides is 1. The van der Waals surface area contributed by atoms with Gasteiger partial charge in [0.1, 0.15) is 0 Å². The van der Waals surface area contributed by atoms with Gasteiger partial charge in [-0.25, -0.2) is 0 Å². The van der Waals surface area contributed by atoms with Crippen LogP contribution in [-0.4, -0.2) is 5.91 Å². The molecule has 1 fully saturated rings. The van der Waals surface area contributed by atoms with Gasteiger partial charge in [-0.05, 0) is 25.7 Å². The molecule has 1 aliphatic carbocycles. The standard InChI is InChI=1S/C15H23N3O/c1-3-5-15(6-4-2)12(9-16)7-11(14(18)19)8-13(15)10-17/h11-13H,3-8H2,1-2H3,(H2,18,19). The molecule has 0 aliphatic heterocycles. The molecule has 0 heterocycles. The Hall–Kier alpha value is -1.55.